The maximum Gasteiger partial charge on any atom is 0.167 e. The van der Waals surface area contributed by atoms with Crippen LogP contribution in [-0.2, 0) is 0 Å². The van der Waals surface area contributed by atoms with Gasteiger partial charge in [-0.05, 0) is 43.7 Å². The zero-order chi connectivity index (χ0) is 14.0. The number of benzene rings is 2. The number of halogens is 2. The summed E-state index contributed by atoms with van der Waals surface area (Å²) in [7, 11) is 0. The Kier molecular flexibility index (Phi) is 4.22. The third kappa shape index (κ3) is 3.14. The lowest BCUT2D eigenvalue weighted by Crippen LogP contribution is -2.07. The SMILES string of the molecule is Cc1cc(Br)ccc1Oc1c(F)cccc1C(C)N. The highest BCUT2D eigenvalue weighted by atomic mass is 79.9. The zero-order valence-corrected chi connectivity index (χ0v) is 12.4. The molecule has 1 unspecified atom stereocenters. The lowest BCUT2D eigenvalue weighted by atomic mass is 10.1. The van der Waals surface area contributed by atoms with Gasteiger partial charge in [0.2, 0.25) is 0 Å². The summed E-state index contributed by atoms with van der Waals surface area (Å²) in [6, 6.07) is 10.1. The van der Waals surface area contributed by atoms with Crippen LogP contribution in [0.1, 0.15) is 24.1 Å². The molecule has 0 fully saturated rings. The lowest BCUT2D eigenvalue weighted by Gasteiger charge is -2.15. The maximum atomic E-state index is 13.9. The number of hydrogen-bond acceptors (Lipinski definition) is 2. The third-order valence-corrected chi connectivity index (χ3v) is 3.33. The van der Waals surface area contributed by atoms with Crippen LogP contribution in [0.5, 0.6) is 11.5 Å². The first-order chi connectivity index (χ1) is 8.99. The quantitative estimate of drug-likeness (QED) is 0.887. The average molecular weight is 324 g/mol. The fourth-order valence-corrected chi connectivity index (χ4v) is 2.30. The van der Waals surface area contributed by atoms with Crippen LogP contribution in [0, 0.1) is 12.7 Å². The van der Waals surface area contributed by atoms with Gasteiger partial charge in [0.05, 0.1) is 0 Å². The standard InChI is InChI=1S/C15H15BrFNO/c1-9-8-11(16)6-7-14(9)19-15-12(10(2)18)4-3-5-13(15)17/h3-8,10H,18H2,1-2H3. The lowest BCUT2D eigenvalue weighted by molar-refractivity contribution is 0.430. The second kappa shape index (κ2) is 5.72. The summed E-state index contributed by atoms with van der Waals surface area (Å²) in [6.07, 6.45) is 0. The molecule has 0 aromatic heterocycles. The molecule has 0 heterocycles. The Morgan fingerprint density at radius 2 is 2.00 bits per heavy atom. The van der Waals surface area contributed by atoms with Crippen LogP contribution in [0.15, 0.2) is 40.9 Å². The van der Waals surface area contributed by atoms with Crippen LogP contribution in [0.25, 0.3) is 0 Å². The second-order valence-corrected chi connectivity index (χ2v) is 5.37. The van der Waals surface area contributed by atoms with Crippen molar-refractivity contribution in [2.24, 2.45) is 5.73 Å². The Morgan fingerprint density at radius 3 is 2.63 bits per heavy atom. The fraction of sp³-hybridized carbons (Fsp3) is 0.200. The summed E-state index contributed by atoms with van der Waals surface area (Å²) >= 11 is 3.38. The van der Waals surface area contributed by atoms with Crippen LogP contribution in [0.2, 0.25) is 0 Å². The summed E-state index contributed by atoms with van der Waals surface area (Å²) in [5, 5.41) is 0. The van der Waals surface area contributed by atoms with E-state index in [2.05, 4.69) is 15.9 Å². The number of hydrogen-bond donors (Lipinski definition) is 1. The molecule has 0 aliphatic rings. The van der Waals surface area contributed by atoms with Gasteiger partial charge >= 0.3 is 0 Å². The predicted octanol–water partition coefficient (Wildman–Crippen LogP) is 4.71. The van der Waals surface area contributed by atoms with E-state index < -0.39 is 5.82 Å². The van der Waals surface area contributed by atoms with E-state index in [4.69, 9.17) is 10.5 Å². The molecular formula is C15H15BrFNO. The molecule has 2 nitrogen and oxygen atoms in total. The molecule has 2 aromatic rings. The Balaban J connectivity index is 2.43. The number of aryl methyl sites for hydroxylation is 1. The molecule has 0 aliphatic heterocycles. The highest BCUT2D eigenvalue weighted by Gasteiger charge is 2.14. The Morgan fingerprint density at radius 1 is 1.26 bits per heavy atom. The van der Waals surface area contributed by atoms with Crippen molar-refractivity contribution in [3.8, 4) is 11.5 Å². The van der Waals surface area contributed by atoms with Crippen LogP contribution < -0.4 is 10.5 Å². The fourth-order valence-electron chi connectivity index (χ4n) is 1.83. The van der Waals surface area contributed by atoms with Gasteiger partial charge in [-0.15, -0.1) is 0 Å². The molecule has 2 rings (SSSR count). The molecule has 1 atom stereocenters. The predicted molar refractivity (Wildman–Crippen MR) is 78.0 cm³/mol. The molecule has 0 saturated carbocycles. The summed E-state index contributed by atoms with van der Waals surface area (Å²) < 4.78 is 20.6. The number of nitrogens with two attached hydrogens (primary N) is 1. The number of para-hydroxylation sites is 1. The molecular weight excluding hydrogens is 309 g/mol. The van der Waals surface area contributed by atoms with Crippen molar-refractivity contribution in [3.05, 3.63) is 57.8 Å². The van der Waals surface area contributed by atoms with Crippen LogP contribution in [0.3, 0.4) is 0 Å². The largest absolute Gasteiger partial charge is 0.454 e. The summed E-state index contributed by atoms with van der Waals surface area (Å²) in [4.78, 5) is 0. The topological polar surface area (TPSA) is 35.2 Å². The molecule has 19 heavy (non-hydrogen) atoms. The van der Waals surface area contributed by atoms with Gasteiger partial charge in [-0.1, -0.05) is 28.1 Å². The van der Waals surface area contributed by atoms with Crippen molar-refractivity contribution in [2.45, 2.75) is 19.9 Å². The summed E-state index contributed by atoms with van der Waals surface area (Å²) in [5.74, 6) is 0.412. The van der Waals surface area contributed by atoms with Gasteiger partial charge in [0.25, 0.3) is 0 Å². The van der Waals surface area contributed by atoms with E-state index in [-0.39, 0.29) is 11.8 Å². The van der Waals surface area contributed by atoms with E-state index >= 15 is 0 Å². The molecule has 0 bridgehead atoms. The van der Waals surface area contributed by atoms with E-state index in [0.717, 1.165) is 10.0 Å². The van der Waals surface area contributed by atoms with E-state index in [1.54, 1.807) is 25.1 Å². The first kappa shape index (κ1) is 14.0. The number of rotatable bonds is 3. The Labute approximate surface area is 120 Å². The zero-order valence-electron chi connectivity index (χ0n) is 10.8. The molecule has 0 saturated heterocycles. The molecule has 4 heteroatoms. The minimum absolute atomic E-state index is 0.197. The normalized spacial score (nSPS) is 12.3. The van der Waals surface area contributed by atoms with Crippen molar-refractivity contribution < 1.29 is 9.13 Å². The van der Waals surface area contributed by atoms with E-state index in [0.29, 0.717) is 11.3 Å². The van der Waals surface area contributed by atoms with E-state index in [1.165, 1.54) is 6.07 Å². The molecule has 0 amide bonds. The first-order valence-electron chi connectivity index (χ1n) is 5.97. The van der Waals surface area contributed by atoms with Gasteiger partial charge in [0, 0.05) is 16.1 Å². The summed E-state index contributed by atoms with van der Waals surface area (Å²) in [6.45, 7) is 3.71. The van der Waals surface area contributed by atoms with Gasteiger partial charge in [-0.3, -0.25) is 0 Å². The van der Waals surface area contributed by atoms with Crippen molar-refractivity contribution in [3.63, 3.8) is 0 Å². The first-order valence-corrected chi connectivity index (χ1v) is 6.76. The Bertz CT molecular complexity index is 599. The third-order valence-electron chi connectivity index (χ3n) is 2.84. The minimum atomic E-state index is -0.405. The highest BCUT2D eigenvalue weighted by molar-refractivity contribution is 9.10. The van der Waals surface area contributed by atoms with Gasteiger partial charge < -0.3 is 10.5 Å². The minimum Gasteiger partial charge on any atom is -0.454 e. The molecule has 0 radical (unpaired) electrons. The highest BCUT2D eigenvalue weighted by Crippen LogP contribution is 2.33. The monoisotopic (exact) mass is 323 g/mol. The van der Waals surface area contributed by atoms with Crippen LogP contribution in [0.4, 0.5) is 4.39 Å². The molecule has 0 spiro atoms. The Hall–Kier alpha value is -1.39. The summed E-state index contributed by atoms with van der Waals surface area (Å²) in [5.41, 5.74) is 7.42. The van der Waals surface area contributed by atoms with Gasteiger partial charge in [-0.25, -0.2) is 4.39 Å². The molecule has 100 valence electrons. The van der Waals surface area contributed by atoms with Crippen LogP contribution in [-0.4, -0.2) is 0 Å². The van der Waals surface area contributed by atoms with Gasteiger partial charge in [0.1, 0.15) is 5.75 Å². The van der Waals surface area contributed by atoms with E-state index in [9.17, 15) is 4.39 Å². The average Bonchev–Trinajstić information content (AvgIpc) is 2.34. The van der Waals surface area contributed by atoms with Crippen LogP contribution >= 0.6 is 15.9 Å². The van der Waals surface area contributed by atoms with Gasteiger partial charge in [-0.2, -0.15) is 0 Å². The van der Waals surface area contributed by atoms with Crippen molar-refractivity contribution in [2.75, 3.05) is 0 Å². The van der Waals surface area contributed by atoms with Crippen molar-refractivity contribution >= 4 is 15.9 Å². The second-order valence-electron chi connectivity index (χ2n) is 4.46. The maximum absolute atomic E-state index is 13.9. The molecule has 2 N–H and O–H groups in total. The van der Waals surface area contributed by atoms with Crippen molar-refractivity contribution in [1.29, 1.82) is 0 Å². The molecule has 0 aliphatic carbocycles. The van der Waals surface area contributed by atoms with E-state index in [1.807, 2.05) is 19.1 Å². The van der Waals surface area contributed by atoms with Crippen molar-refractivity contribution in [1.82, 2.24) is 0 Å². The van der Waals surface area contributed by atoms with Gasteiger partial charge in [0.15, 0.2) is 11.6 Å². The smallest absolute Gasteiger partial charge is 0.167 e. The molecule has 2 aromatic carbocycles. The number of ether oxygens (including phenoxy) is 1.